The van der Waals surface area contributed by atoms with Gasteiger partial charge in [0, 0.05) is 28.2 Å². The van der Waals surface area contributed by atoms with Gasteiger partial charge < -0.3 is 0 Å². The highest BCUT2D eigenvalue weighted by Crippen LogP contribution is 2.23. The maximum atomic E-state index is 13.3. The molecule has 136 valence electrons. The van der Waals surface area contributed by atoms with Crippen LogP contribution in [0.2, 0.25) is 0 Å². The topological polar surface area (TPSA) is 59.3 Å². The first-order chi connectivity index (χ1) is 13.0. The Morgan fingerprint density at radius 1 is 1.15 bits per heavy atom. The van der Waals surface area contributed by atoms with E-state index in [9.17, 15) is 13.6 Å². The van der Waals surface area contributed by atoms with E-state index >= 15 is 0 Å². The number of fused-ring (bicyclic) bond motifs is 1. The maximum absolute atomic E-state index is 13.3. The smallest absolute Gasteiger partial charge is 0.276 e. The van der Waals surface area contributed by atoms with Gasteiger partial charge in [0.15, 0.2) is 16.8 Å². The van der Waals surface area contributed by atoms with E-state index in [2.05, 4.69) is 31.2 Å². The Labute approximate surface area is 164 Å². The number of hydrogen-bond donors (Lipinski definition) is 1. The van der Waals surface area contributed by atoms with Crippen molar-refractivity contribution < 1.29 is 13.6 Å². The van der Waals surface area contributed by atoms with Crippen LogP contribution in [0, 0.1) is 11.6 Å². The number of benzene rings is 1. The zero-order chi connectivity index (χ0) is 19.0. The number of rotatable bonds is 4. The molecule has 0 atom stereocenters. The van der Waals surface area contributed by atoms with Crippen molar-refractivity contribution >= 4 is 44.0 Å². The minimum absolute atomic E-state index is 0.339. The van der Waals surface area contributed by atoms with Gasteiger partial charge in [0.05, 0.1) is 6.20 Å². The molecule has 1 amide bonds. The third-order valence-electron chi connectivity index (χ3n) is 3.84. The quantitative estimate of drug-likeness (QED) is 0.493. The van der Waals surface area contributed by atoms with E-state index in [4.69, 9.17) is 0 Å². The molecule has 4 aromatic rings. The molecule has 0 saturated heterocycles. The lowest BCUT2D eigenvalue weighted by Crippen LogP contribution is -2.14. The zero-order valence-corrected chi connectivity index (χ0v) is 16.0. The molecule has 9 heteroatoms. The van der Waals surface area contributed by atoms with Gasteiger partial charge in [0.2, 0.25) is 0 Å². The van der Waals surface area contributed by atoms with Gasteiger partial charge in [-0.1, -0.05) is 6.07 Å². The van der Waals surface area contributed by atoms with Crippen LogP contribution in [0.5, 0.6) is 0 Å². The number of nitrogens with one attached hydrogen (secondary N) is 1. The second kappa shape index (κ2) is 7.16. The summed E-state index contributed by atoms with van der Waals surface area (Å²) >= 11 is 4.64. The van der Waals surface area contributed by atoms with Crippen molar-refractivity contribution in [3.63, 3.8) is 0 Å². The molecule has 27 heavy (non-hydrogen) atoms. The maximum Gasteiger partial charge on any atom is 0.276 e. The van der Waals surface area contributed by atoms with Crippen molar-refractivity contribution in [1.29, 1.82) is 0 Å². The number of halogens is 3. The first kappa shape index (κ1) is 17.7. The minimum Gasteiger partial charge on any atom is -0.296 e. The summed E-state index contributed by atoms with van der Waals surface area (Å²) in [6.45, 7) is 0. The Bertz CT molecular complexity index is 1160. The normalized spacial score (nSPS) is 11.1. The van der Waals surface area contributed by atoms with E-state index in [1.54, 1.807) is 22.9 Å². The average Bonchev–Trinajstić information content (AvgIpc) is 3.24. The molecule has 1 aromatic carbocycles. The van der Waals surface area contributed by atoms with Gasteiger partial charge in [-0.25, -0.2) is 18.7 Å². The van der Waals surface area contributed by atoms with Crippen molar-refractivity contribution in [1.82, 2.24) is 14.4 Å². The fourth-order valence-electron chi connectivity index (χ4n) is 2.58. The van der Waals surface area contributed by atoms with Crippen LogP contribution in [-0.2, 0) is 6.42 Å². The van der Waals surface area contributed by atoms with Gasteiger partial charge in [-0.2, -0.15) is 0 Å². The predicted octanol–water partition coefficient (Wildman–Crippen LogP) is 4.67. The molecule has 0 bridgehead atoms. The van der Waals surface area contributed by atoms with Gasteiger partial charge in [0.1, 0.15) is 11.3 Å². The molecule has 3 aromatic heterocycles. The number of carbonyl (C=O) groups is 1. The molecule has 0 fully saturated rings. The summed E-state index contributed by atoms with van der Waals surface area (Å²) in [5.74, 6) is -2.10. The van der Waals surface area contributed by atoms with Gasteiger partial charge in [-0.05, 0) is 45.8 Å². The lowest BCUT2D eigenvalue weighted by atomic mass is 10.1. The van der Waals surface area contributed by atoms with E-state index in [0.717, 1.165) is 21.5 Å². The first-order valence-electron chi connectivity index (χ1n) is 7.82. The molecule has 0 saturated carbocycles. The Kier molecular flexibility index (Phi) is 4.71. The number of nitrogens with zero attached hydrogens (tertiary/aromatic N) is 3. The van der Waals surface area contributed by atoms with Crippen molar-refractivity contribution in [3.05, 3.63) is 81.2 Å². The van der Waals surface area contributed by atoms with Gasteiger partial charge in [-0.15, -0.1) is 11.3 Å². The highest BCUT2D eigenvalue weighted by Gasteiger charge is 2.14. The van der Waals surface area contributed by atoms with Crippen molar-refractivity contribution in [2.45, 2.75) is 6.42 Å². The Morgan fingerprint density at radius 2 is 2.00 bits per heavy atom. The highest BCUT2D eigenvalue weighted by atomic mass is 79.9. The molecule has 5 nitrogen and oxygen atoms in total. The van der Waals surface area contributed by atoms with Crippen LogP contribution in [0.15, 0.2) is 53.4 Å². The molecule has 1 N–H and O–H groups in total. The number of imidazole rings is 1. The Balaban J connectivity index is 1.50. The Hall–Kier alpha value is -2.65. The van der Waals surface area contributed by atoms with Crippen LogP contribution in [-0.4, -0.2) is 20.3 Å². The largest absolute Gasteiger partial charge is 0.296 e. The fraction of sp³-hybridized carbons (Fsp3) is 0.0556. The molecule has 0 spiro atoms. The number of pyridine rings is 1. The van der Waals surface area contributed by atoms with Crippen molar-refractivity contribution in [2.75, 3.05) is 5.32 Å². The lowest BCUT2D eigenvalue weighted by molar-refractivity contribution is 0.102. The number of carbonyl (C=O) groups excluding carboxylic acids is 1. The van der Waals surface area contributed by atoms with Crippen LogP contribution in [0.1, 0.15) is 20.9 Å². The van der Waals surface area contributed by atoms with Crippen LogP contribution in [0.3, 0.4) is 0 Å². The molecule has 0 radical (unpaired) electrons. The summed E-state index contributed by atoms with van der Waals surface area (Å²) in [6.07, 6.45) is 5.25. The monoisotopic (exact) mass is 448 g/mol. The van der Waals surface area contributed by atoms with Crippen molar-refractivity contribution in [3.8, 4) is 0 Å². The third kappa shape index (κ3) is 3.74. The molecule has 3 heterocycles. The number of anilines is 1. The SMILES string of the molecule is O=C(Nc1ncc(Cc2ccc(F)c(F)c2)s1)c1cnc2ccc(Br)cn12. The van der Waals surface area contributed by atoms with Gasteiger partial charge in [0.25, 0.3) is 5.91 Å². The Morgan fingerprint density at radius 3 is 2.81 bits per heavy atom. The van der Waals surface area contributed by atoms with E-state index in [0.29, 0.717) is 28.5 Å². The van der Waals surface area contributed by atoms with Crippen LogP contribution in [0.25, 0.3) is 5.65 Å². The van der Waals surface area contributed by atoms with E-state index < -0.39 is 11.6 Å². The summed E-state index contributed by atoms with van der Waals surface area (Å²) in [7, 11) is 0. The van der Waals surface area contributed by atoms with E-state index in [-0.39, 0.29) is 5.91 Å². The van der Waals surface area contributed by atoms with Crippen molar-refractivity contribution in [2.24, 2.45) is 0 Å². The summed E-state index contributed by atoms with van der Waals surface area (Å²) < 4.78 is 28.8. The highest BCUT2D eigenvalue weighted by molar-refractivity contribution is 9.10. The van der Waals surface area contributed by atoms with Crippen LogP contribution in [0.4, 0.5) is 13.9 Å². The molecular formula is C18H11BrF2N4OS. The number of hydrogen-bond acceptors (Lipinski definition) is 4. The number of amides is 1. The summed E-state index contributed by atoms with van der Waals surface area (Å²) in [5, 5.41) is 3.16. The number of aromatic nitrogens is 3. The first-order valence-corrected chi connectivity index (χ1v) is 9.43. The lowest BCUT2D eigenvalue weighted by Gasteiger charge is -2.02. The molecule has 0 unspecified atom stereocenters. The second-order valence-corrected chi connectivity index (χ2v) is 7.76. The predicted molar refractivity (Wildman–Crippen MR) is 102 cm³/mol. The summed E-state index contributed by atoms with van der Waals surface area (Å²) in [4.78, 5) is 21.7. The molecule has 4 rings (SSSR count). The molecule has 0 aliphatic rings. The van der Waals surface area contributed by atoms with Crippen LogP contribution >= 0.6 is 27.3 Å². The molecular weight excluding hydrogens is 438 g/mol. The minimum atomic E-state index is -0.885. The molecule has 0 aliphatic carbocycles. The van der Waals surface area contributed by atoms with Gasteiger partial charge in [-0.3, -0.25) is 14.5 Å². The van der Waals surface area contributed by atoms with Crippen LogP contribution < -0.4 is 5.32 Å². The zero-order valence-electron chi connectivity index (χ0n) is 13.6. The second-order valence-electron chi connectivity index (χ2n) is 5.73. The number of thiazole rings is 1. The average molecular weight is 449 g/mol. The standard InChI is InChI=1S/C18H11BrF2N4OS/c19-11-2-4-16-22-8-15(25(16)9-11)17(26)24-18-23-7-12(27-18)5-10-1-3-13(20)14(21)6-10/h1-4,6-9H,5H2,(H,23,24,26). The van der Waals surface area contributed by atoms with Gasteiger partial charge >= 0.3 is 0 Å². The van der Waals surface area contributed by atoms with E-state index in [1.165, 1.54) is 23.6 Å². The molecule has 0 aliphatic heterocycles. The summed E-state index contributed by atoms with van der Waals surface area (Å²) in [5.41, 5.74) is 1.66. The third-order valence-corrected chi connectivity index (χ3v) is 5.22. The van der Waals surface area contributed by atoms with E-state index in [1.807, 2.05) is 6.07 Å². The summed E-state index contributed by atoms with van der Waals surface area (Å²) in [6, 6.07) is 7.41. The fourth-order valence-corrected chi connectivity index (χ4v) is 3.76.